The van der Waals surface area contributed by atoms with Crippen molar-refractivity contribution in [3.63, 3.8) is 0 Å². The van der Waals surface area contributed by atoms with Gasteiger partial charge in [0.2, 0.25) is 0 Å². The van der Waals surface area contributed by atoms with Crippen molar-refractivity contribution in [1.82, 2.24) is 9.88 Å². The number of benzene rings is 1. The smallest absolute Gasteiger partial charge is 0.0982 e. The predicted molar refractivity (Wildman–Crippen MR) is 82.8 cm³/mol. The molecule has 1 aromatic heterocycles. The van der Waals surface area contributed by atoms with Crippen LogP contribution in [0.4, 0.5) is 0 Å². The lowest BCUT2D eigenvalue weighted by Gasteiger charge is -2.32. The summed E-state index contributed by atoms with van der Waals surface area (Å²) in [6.45, 7) is 5.05. The van der Waals surface area contributed by atoms with Gasteiger partial charge in [-0.1, -0.05) is 12.1 Å². The van der Waals surface area contributed by atoms with E-state index in [2.05, 4.69) is 29.2 Å². The van der Waals surface area contributed by atoms with Gasteiger partial charge in [-0.2, -0.15) is 5.26 Å². The van der Waals surface area contributed by atoms with Crippen molar-refractivity contribution in [2.45, 2.75) is 25.7 Å². The quantitative estimate of drug-likeness (QED) is 0.864. The minimum absolute atomic E-state index is 0.115. The molecule has 0 N–H and O–H groups in total. The first-order chi connectivity index (χ1) is 9.76. The van der Waals surface area contributed by atoms with Crippen LogP contribution in [0.5, 0.6) is 0 Å². The number of nitriles is 1. The van der Waals surface area contributed by atoms with E-state index in [0.717, 1.165) is 25.2 Å². The fourth-order valence-electron chi connectivity index (χ4n) is 2.92. The van der Waals surface area contributed by atoms with Crippen LogP contribution in [0.2, 0.25) is 0 Å². The zero-order chi connectivity index (χ0) is 13.9. The molecule has 2 atom stereocenters. The summed E-state index contributed by atoms with van der Waals surface area (Å²) in [4.78, 5) is 7.22. The molecule has 0 aliphatic carbocycles. The molecule has 2 heterocycles. The van der Waals surface area contributed by atoms with Gasteiger partial charge in [0.05, 0.1) is 27.2 Å². The van der Waals surface area contributed by atoms with E-state index in [1.807, 2.05) is 24.3 Å². The Morgan fingerprint density at radius 1 is 1.50 bits per heavy atom. The molecular weight excluding hydrogens is 266 g/mol. The first kappa shape index (κ1) is 13.5. The minimum atomic E-state index is 0.115. The number of aromatic nitrogens is 1. The summed E-state index contributed by atoms with van der Waals surface area (Å²) >= 11 is 1.83. The molecule has 0 spiro atoms. The Hall–Kier alpha value is -1.44. The molecule has 20 heavy (non-hydrogen) atoms. The van der Waals surface area contributed by atoms with Crippen LogP contribution in [0.1, 0.15) is 30.7 Å². The number of nitrogens with zero attached hydrogens (tertiary/aromatic N) is 3. The Morgan fingerprint density at radius 2 is 2.35 bits per heavy atom. The van der Waals surface area contributed by atoms with E-state index in [4.69, 9.17) is 10.2 Å². The summed E-state index contributed by atoms with van der Waals surface area (Å²) < 4.78 is 1.28. The molecule has 0 unspecified atom stereocenters. The number of piperidine rings is 1. The van der Waals surface area contributed by atoms with Crippen molar-refractivity contribution >= 4 is 21.6 Å². The highest BCUT2D eigenvalue weighted by molar-refractivity contribution is 7.18. The Labute approximate surface area is 123 Å². The highest BCUT2D eigenvalue weighted by atomic mass is 32.1. The van der Waals surface area contributed by atoms with Gasteiger partial charge in [0, 0.05) is 19.0 Å². The largest absolute Gasteiger partial charge is 0.301 e. The molecular formula is C16H19N3S. The molecule has 104 valence electrons. The van der Waals surface area contributed by atoms with Crippen molar-refractivity contribution in [2.75, 3.05) is 19.6 Å². The van der Waals surface area contributed by atoms with E-state index in [-0.39, 0.29) is 5.92 Å². The normalized spacial score (nSPS) is 21.7. The molecule has 1 aromatic carbocycles. The summed E-state index contributed by atoms with van der Waals surface area (Å²) in [6, 6.07) is 10.7. The second-order valence-electron chi connectivity index (χ2n) is 5.65. The summed E-state index contributed by atoms with van der Waals surface area (Å²) in [5.41, 5.74) is 1.12. The van der Waals surface area contributed by atoms with Gasteiger partial charge in [0.15, 0.2) is 0 Å². The first-order valence-corrected chi connectivity index (χ1v) is 8.05. The monoisotopic (exact) mass is 285 g/mol. The molecule has 3 nitrogen and oxygen atoms in total. The van der Waals surface area contributed by atoms with E-state index >= 15 is 0 Å². The number of rotatable bonds is 3. The second-order valence-corrected chi connectivity index (χ2v) is 6.71. The van der Waals surface area contributed by atoms with E-state index in [1.54, 1.807) is 0 Å². The van der Waals surface area contributed by atoms with Crippen LogP contribution in [0.25, 0.3) is 10.2 Å². The molecule has 0 radical (unpaired) electrons. The van der Waals surface area contributed by atoms with Crippen LogP contribution in [0.15, 0.2) is 24.3 Å². The van der Waals surface area contributed by atoms with Crippen LogP contribution in [-0.4, -0.2) is 29.5 Å². The lowest BCUT2D eigenvalue weighted by molar-refractivity contribution is 0.195. The van der Waals surface area contributed by atoms with Crippen LogP contribution in [0, 0.1) is 17.2 Å². The summed E-state index contributed by atoms with van der Waals surface area (Å²) in [5, 5.41) is 10.2. The predicted octanol–water partition coefficient (Wildman–Crippen LogP) is 3.64. The molecule has 1 fully saturated rings. The number of fused-ring (bicyclic) bond motifs is 1. The molecule has 0 amide bonds. The lowest BCUT2D eigenvalue weighted by atomic mass is 9.98. The topological polar surface area (TPSA) is 39.9 Å². The zero-order valence-electron chi connectivity index (χ0n) is 11.7. The minimum Gasteiger partial charge on any atom is -0.301 e. The molecule has 1 aliphatic heterocycles. The average molecular weight is 285 g/mol. The molecule has 3 rings (SSSR count). The van der Waals surface area contributed by atoms with Crippen LogP contribution in [0.3, 0.4) is 0 Å². The third-order valence-corrected chi connectivity index (χ3v) is 5.12. The summed E-state index contributed by atoms with van der Waals surface area (Å²) in [7, 11) is 0. The number of para-hydroxylation sites is 1. The third-order valence-electron chi connectivity index (χ3n) is 3.92. The standard InChI is InChI=1S/C16H19N3S/c1-12(9-17)10-19-8-4-5-13(11-19)16-18-14-6-2-3-7-15(14)20-16/h2-3,6-7,12-13H,4-5,8,10-11H2,1H3/t12-,13+/m1/s1. The number of hydrogen-bond acceptors (Lipinski definition) is 4. The Morgan fingerprint density at radius 3 is 3.15 bits per heavy atom. The zero-order valence-corrected chi connectivity index (χ0v) is 12.6. The fourth-order valence-corrected chi connectivity index (χ4v) is 4.01. The van der Waals surface area contributed by atoms with Crippen molar-refractivity contribution in [3.05, 3.63) is 29.3 Å². The van der Waals surface area contributed by atoms with Gasteiger partial charge in [0.25, 0.3) is 0 Å². The molecule has 1 aliphatic rings. The highest BCUT2D eigenvalue weighted by Gasteiger charge is 2.24. The average Bonchev–Trinajstić information content (AvgIpc) is 2.91. The Kier molecular flexibility index (Phi) is 4.00. The van der Waals surface area contributed by atoms with Crippen molar-refractivity contribution in [1.29, 1.82) is 5.26 Å². The highest BCUT2D eigenvalue weighted by Crippen LogP contribution is 2.33. The van der Waals surface area contributed by atoms with Crippen molar-refractivity contribution in [3.8, 4) is 6.07 Å². The van der Waals surface area contributed by atoms with Crippen LogP contribution in [-0.2, 0) is 0 Å². The van der Waals surface area contributed by atoms with E-state index < -0.39 is 0 Å². The van der Waals surface area contributed by atoms with Gasteiger partial charge in [-0.25, -0.2) is 4.98 Å². The number of thiazole rings is 1. The maximum absolute atomic E-state index is 8.96. The Balaban J connectivity index is 1.74. The maximum Gasteiger partial charge on any atom is 0.0982 e. The fraction of sp³-hybridized carbons (Fsp3) is 0.500. The molecule has 1 saturated heterocycles. The molecule has 0 bridgehead atoms. The number of likely N-dealkylation sites (tertiary alicyclic amines) is 1. The van der Waals surface area contributed by atoms with Crippen LogP contribution >= 0.6 is 11.3 Å². The van der Waals surface area contributed by atoms with Crippen LogP contribution < -0.4 is 0 Å². The van der Waals surface area contributed by atoms with Gasteiger partial charge in [0.1, 0.15) is 0 Å². The van der Waals surface area contributed by atoms with Gasteiger partial charge < -0.3 is 4.90 Å². The SMILES string of the molecule is C[C@H](C#N)CN1CCC[C@H](c2nc3ccccc3s2)C1. The Bertz CT molecular complexity index is 595. The molecule has 2 aromatic rings. The third kappa shape index (κ3) is 2.84. The first-order valence-electron chi connectivity index (χ1n) is 7.23. The summed E-state index contributed by atoms with van der Waals surface area (Å²) in [5.74, 6) is 0.649. The van der Waals surface area contributed by atoms with Crippen molar-refractivity contribution < 1.29 is 0 Å². The van der Waals surface area contributed by atoms with Gasteiger partial charge >= 0.3 is 0 Å². The van der Waals surface area contributed by atoms with Gasteiger partial charge in [-0.3, -0.25) is 0 Å². The molecule has 4 heteroatoms. The molecule has 0 saturated carbocycles. The van der Waals surface area contributed by atoms with E-state index in [1.165, 1.54) is 22.5 Å². The van der Waals surface area contributed by atoms with Crippen molar-refractivity contribution in [2.24, 2.45) is 5.92 Å². The second kappa shape index (κ2) is 5.90. The van der Waals surface area contributed by atoms with E-state index in [9.17, 15) is 0 Å². The summed E-state index contributed by atoms with van der Waals surface area (Å²) in [6.07, 6.45) is 2.43. The van der Waals surface area contributed by atoms with E-state index in [0.29, 0.717) is 5.92 Å². The van der Waals surface area contributed by atoms with Gasteiger partial charge in [-0.05, 0) is 38.4 Å². The number of hydrogen-bond donors (Lipinski definition) is 0. The lowest BCUT2D eigenvalue weighted by Crippen LogP contribution is -2.37. The van der Waals surface area contributed by atoms with Gasteiger partial charge in [-0.15, -0.1) is 11.3 Å². The maximum atomic E-state index is 8.96.